The molecule has 0 aliphatic rings. The molecule has 1 heterocycles. The van der Waals surface area contributed by atoms with Gasteiger partial charge in [-0.15, -0.1) is 17.0 Å². The number of nitrogens with zero attached hydrogens (tertiary/aromatic N) is 1. The Morgan fingerprint density at radius 1 is 0.833 bits per heavy atom. The van der Waals surface area contributed by atoms with E-state index in [1.807, 2.05) is 18.5 Å². The molecule has 1 atom stereocenters. The molecule has 0 bridgehead atoms. The van der Waals surface area contributed by atoms with Crippen LogP contribution in [-0.2, 0) is 0 Å². The molecule has 0 aliphatic carbocycles. The van der Waals surface area contributed by atoms with Crippen molar-refractivity contribution >= 4 is 32.9 Å². The van der Waals surface area contributed by atoms with Gasteiger partial charge in [-0.2, -0.15) is 0 Å². The fourth-order valence-corrected chi connectivity index (χ4v) is 3.66. The van der Waals surface area contributed by atoms with Crippen LogP contribution in [0, 0.1) is 0 Å². The summed E-state index contributed by atoms with van der Waals surface area (Å²) in [4.78, 5) is 4.67. The van der Waals surface area contributed by atoms with E-state index >= 15 is 0 Å². The molecule has 1 nitrogen and oxygen atoms in total. The van der Waals surface area contributed by atoms with Gasteiger partial charge >= 0.3 is 0 Å². The molecule has 140 valence electrons. The Labute approximate surface area is 169 Å². The Kier molecular flexibility index (Phi) is 18.0. The minimum atomic E-state index is 0. The number of hydrogen-bond donors (Lipinski definition) is 0. The number of alkyl halides is 1. The molecule has 0 fully saturated rings. The van der Waals surface area contributed by atoms with Crippen LogP contribution in [0.25, 0.3) is 0 Å². The van der Waals surface area contributed by atoms with E-state index in [-0.39, 0.29) is 17.0 Å². The van der Waals surface area contributed by atoms with Crippen molar-refractivity contribution in [2.24, 2.45) is 0 Å². The zero-order valence-corrected chi connectivity index (χ0v) is 18.8. The lowest BCUT2D eigenvalue weighted by atomic mass is 10.0. The highest BCUT2D eigenvalue weighted by molar-refractivity contribution is 9.09. The van der Waals surface area contributed by atoms with E-state index in [1.54, 1.807) is 0 Å². The van der Waals surface area contributed by atoms with Crippen LogP contribution < -0.4 is 0 Å². The fourth-order valence-electron chi connectivity index (χ4n) is 3.07. The molecule has 0 saturated heterocycles. The van der Waals surface area contributed by atoms with Gasteiger partial charge in [0.05, 0.1) is 0 Å². The molecule has 1 aromatic rings. The average molecular weight is 463 g/mol. The highest BCUT2D eigenvalue weighted by Crippen LogP contribution is 2.28. The SMILES string of the molecule is Br.CCCCCCCCCCCCCCCC(Br)c1cccnc1. The first kappa shape index (κ1) is 24.1. The minimum Gasteiger partial charge on any atom is -0.264 e. The number of pyridine rings is 1. The van der Waals surface area contributed by atoms with Gasteiger partial charge in [-0.25, -0.2) is 0 Å². The molecule has 1 rings (SSSR count). The number of rotatable bonds is 15. The van der Waals surface area contributed by atoms with E-state index < -0.39 is 0 Å². The van der Waals surface area contributed by atoms with Crippen molar-refractivity contribution in [2.45, 2.75) is 102 Å². The van der Waals surface area contributed by atoms with Gasteiger partial charge in [0.25, 0.3) is 0 Å². The molecule has 0 saturated carbocycles. The van der Waals surface area contributed by atoms with Crippen LogP contribution in [0.5, 0.6) is 0 Å². The van der Waals surface area contributed by atoms with E-state index in [2.05, 4.69) is 33.9 Å². The zero-order chi connectivity index (χ0) is 16.6. The summed E-state index contributed by atoms with van der Waals surface area (Å²) in [5, 5.41) is 0. The lowest BCUT2D eigenvalue weighted by Gasteiger charge is -2.09. The maximum absolute atomic E-state index is 4.19. The zero-order valence-electron chi connectivity index (χ0n) is 15.5. The van der Waals surface area contributed by atoms with Crippen LogP contribution in [-0.4, -0.2) is 4.98 Å². The second-order valence-corrected chi connectivity index (χ2v) is 7.89. The maximum Gasteiger partial charge on any atom is 0.0410 e. The van der Waals surface area contributed by atoms with Crippen molar-refractivity contribution in [1.29, 1.82) is 0 Å². The molecule has 3 heteroatoms. The van der Waals surface area contributed by atoms with E-state index in [1.165, 1.54) is 95.5 Å². The lowest BCUT2D eigenvalue weighted by Crippen LogP contribution is -1.91. The Hall–Kier alpha value is 0.110. The summed E-state index contributed by atoms with van der Waals surface area (Å²) in [7, 11) is 0. The monoisotopic (exact) mass is 461 g/mol. The normalized spacial score (nSPS) is 11.9. The number of unbranched alkanes of at least 4 members (excludes halogenated alkanes) is 12. The summed E-state index contributed by atoms with van der Waals surface area (Å²) >= 11 is 3.78. The van der Waals surface area contributed by atoms with Crippen LogP contribution in [0.1, 0.15) is 107 Å². The first-order chi connectivity index (χ1) is 11.3. The number of halogens is 2. The van der Waals surface area contributed by atoms with Crippen LogP contribution >= 0.6 is 32.9 Å². The van der Waals surface area contributed by atoms with E-state index in [0.717, 1.165) is 0 Å². The first-order valence-corrected chi connectivity index (χ1v) is 10.8. The van der Waals surface area contributed by atoms with Crippen molar-refractivity contribution < 1.29 is 0 Å². The molecule has 0 aliphatic heterocycles. The molecule has 1 unspecified atom stereocenters. The second-order valence-electron chi connectivity index (χ2n) is 6.79. The Balaban J connectivity index is 0.00000529. The molecular formula is C21H37Br2N. The third kappa shape index (κ3) is 13.4. The van der Waals surface area contributed by atoms with Gasteiger partial charge in [0.1, 0.15) is 0 Å². The molecule has 0 amide bonds. The van der Waals surface area contributed by atoms with Crippen LogP contribution in [0.2, 0.25) is 0 Å². The van der Waals surface area contributed by atoms with Gasteiger partial charge in [0.15, 0.2) is 0 Å². The first-order valence-electron chi connectivity index (χ1n) is 9.88. The highest BCUT2D eigenvalue weighted by atomic mass is 79.9. The molecule has 0 radical (unpaired) electrons. The quantitative estimate of drug-likeness (QED) is 0.188. The average Bonchev–Trinajstić information content (AvgIpc) is 2.59. The third-order valence-electron chi connectivity index (χ3n) is 4.61. The summed E-state index contributed by atoms with van der Waals surface area (Å²) in [6, 6.07) is 4.18. The predicted octanol–water partition coefficient (Wildman–Crippen LogP) is 8.58. The van der Waals surface area contributed by atoms with E-state index in [9.17, 15) is 0 Å². The number of aromatic nitrogens is 1. The smallest absolute Gasteiger partial charge is 0.0410 e. The van der Waals surface area contributed by atoms with E-state index in [4.69, 9.17) is 0 Å². The molecular weight excluding hydrogens is 426 g/mol. The van der Waals surface area contributed by atoms with Crippen molar-refractivity contribution in [3.05, 3.63) is 30.1 Å². The number of hydrogen-bond acceptors (Lipinski definition) is 1. The molecule has 0 spiro atoms. The van der Waals surface area contributed by atoms with Gasteiger partial charge in [0, 0.05) is 17.2 Å². The summed E-state index contributed by atoms with van der Waals surface area (Å²) in [5.41, 5.74) is 1.31. The Morgan fingerprint density at radius 2 is 1.33 bits per heavy atom. The summed E-state index contributed by atoms with van der Waals surface area (Å²) in [5.74, 6) is 0. The van der Waals surface area contributed by atoms with Gasteiger partial charge in [-0.3, -0.25) is 4.98 Å². The largest absolute Gasteiger partial charge is 0.264 e. The van der Waals surface area contributed by atoms with E-state index in [0.29, 0.717) is 4.83 Å². The minimum absolute atomic E-state index is 0. The van der Waals surface area contributed by atoms with Crippen LogP contribution in [0.4, 0.5) is 0 Å². The Bertz CT molecular complexity index is 356. The van der Waals surface area contributed by atoms with Crippen LogP contribution in [0.3, 0.4) is 0 Å². The summed E-state index contributed by atoms with van der Waals surface area (Å²) in [6.07, 6.45) is 23.5. The predicted molar refractivity (Wildman–Crippen MR) is 117 cm³/mol. The van der Waals surface area contributed by atoms with Gasteiger partial charge in [-0.05, 0) is 18.1 Å². The lowest BCUT2D eigenvalue weighted by molar-refractivity contribution is 0.535. The van der Waals surface area contributed by atoms with Gasteiger partial charge in [-0.1, -0.05) is 112 Å². The maximum atomic E-state index is 4.19. The van der Waals surface area contributed by atoms with Crippen LogP contribution in [0.15, 0.2) is 24.5 Å². The third-order valence-corrected chi connectivity index (χ3v) is 5.59. The van der Waals surface area contributed by atoms with Gasteiger partial charge in [0.2, 0.25) is 0 Å². The molecule has 0 aromatic carbocycles. The van der Waals surface area contributed by atoms with Gasteiger partial charge < -0.3 is 0 Å². The molecule has 0 N–H and O–H groups in total. The van der Waals surface area contributed by atoms with Crippen molar-refractivity contribution in [3.63, 3.8) is 0 Å². The van der Waals surface area contributed by atoms with Crippen molar-refractivity contribution in [2.75, 3.05) is 0 Å². The fraction of sp³-hybridized carbons (Fsp3) is 0.762. The molecule has 24 heavy (non-hydrogen) atoms. The molecule has 1 aromatic heterocycles. The highest BCUT2D eigenvalue weighted by Gasteiger charge is 2.06. The summed E-state index contributed by atoms with van der Waals surface area (Å²) < 4.78 is 0. The topological polar surface area (TPSA) is 12.9 Å². The van der Waals surface area contributed by atoms with Crippen molar-refractivity contribution in [1.82, 2.24) is 4.98 Å². The summed E-state index contributed by atoms with van der Waals surface area (Å²) in [6.45, 7) is 2.29. The van der Waals surface area contributed by atoms with Crippen molar-refractivity contribution in [3.8, 4) is 0 Å². The standard InChI is InChI=1S/C21H36BrN.BrH/c1-2-3-4-5-6-7-8-9-10-11-12-13-14-17-21(22)20-16-15-18-23-19-20;/h15-16,18-19,21H,2-14,17H2,1H3;1H. The Morgan fingerprint density at radius 3 is 1.79 bits per heavy atom. The second kappa shape index (κ2) is 17.9.